The Bertz CT molecular complexity index is 353. The van der Waals surface area contributed by atoms with Crippen LogP contribution >= 0.6 is 0 Å². The highest BCUT2D eigenvalue weighted by Gasteiger charge is 2.18. The molecule has 1 aromatic rings. The maximum absolute atomic E-state index is 8.94. The fourth-order valence-corrected chi connectivity index (χ4v) is 1.30. The average Bonchev–Trinajstić information content (AvgIpc) is 2.21. The lowest BCUT2D eigenvalue weighted by atomic mass is 10.0. The molecule has 6 heteroatoms. The minimum atomic E-state index is -0.222. The summed E-state index contributed by atoms with van der Waals surface area (Å²) in [7, 11) is 0. The molecular weight excluding hydrogens is 206 g/mol. The molecule has 5 N–H and O–H groups in total. The Labute approximate surface area is 95.3 Å². The zero-order valence-electron chi connectivity index (χ0n) is 9.91. The summed E-state index contributed by atoms with van der Waals surface area (Å²) in [6.45, 7) is 6.05. The molecule has 6 nitrogen and oxygen atoms in total. The molecule has 0 radical (unpaired) electrons. The molecule has 0 saturated heterocycles. The van der Waals surface area contributed by atoms with Gasteiger partial charge in [-0.3, -0.25) is 5.43 Å². The van der Waals surface area contributed by atoms with E-state index in [0.29, 0.717) is 12.4 Å². The van der Waals surface area contributed by atoms with Gasteiger partial charge in [-0.25, -0.2) is 10.8 Å². The highest BCUT2D eigenvalue weighted by molar-refractivity contribution is 5.47. The standard InChI is InChI=1S/C10H19N5O/c1-7-6-12-9(15-11)13-8(7)14-10(2,3)4-5-16/h6,16H,4-5,11H2,1-3H3,(H2,12,13,14,15). The first-order chi connectivity index (χ1) is 7.48. The van der Waals surface area contributed by atoms with E-state index in [1.165, 1.54) is 0 Å². The molecule has 0 unspecified atom stereocenters. The van der Waals surface area contributed by atoms with E-state index in [0.717, 1.165) is 11.4 Å². The quantitative estimate of drug-likeness (QED) is 0.434. The van der Waals surface area contributed by atoms with Crippen molar-refractivity contribution < 1.29 is 5.11 Å². The third-order valence-corrected chi connectivity index (χ3v) is 2.29. The molecule has 0 amide bonds. The number of aromatic nitrogens is 2. The Morgan fingerprint density at radius 2 is 2.19 bits per heavy atom. The largest absolute Gasteiger partial charge is 0.396 e. The lowest BCUT2D eigenvalue weighted by Crippen LogP contribution is -2.33. The van der Waals surface area contributed by atoms with E-state index in [1.807, 2.05) is 20.8 Å². The van der Waals surface area contributed by atoms with Crippen molar-refractivity contribution in [1.29, 1.82) is 0 Å². The summed E-state index contributed by atoms with van der Waals surface area (Å²) >= 11 is 0. The third-order valence-electron chi connectivity index (χ3n) is 2.29. The summed E-state index contributed by atoms with van der Waals surface area (Å²) in [4.78, 5) is 8.22. The summed E-state index contributed by atoms with van der Waals surface area (Å²) in [6.07, 6.45) is 2.33. The van der Waals surface area contributed by atoms with E-state index in [-0.39, 0.29) is 12.1 Å². The molecule has 16 heavy (non-hydrogen) atoms. The van der Waals surface area contributed by atoms with Crippen LogP contribution in [-0.4, -0.2) is 27.2 Å². The van der Waals surface area contributed by atoms with Crippen molar-refractivity contribution in [3.05, 3.63) is 11.8 Å². The SMILES string of the molecule is Cc1cnc(NN)nc1NC(C)(C)CCO. The zero-order valence-corrected chi connectivity index (χ0v) is 9.91. The van der Waals surface area contributed by atoms with Gasteiger partial charge in [0.2, 0.25) is 5.95 Å². The van der Waals surface area contributed by atoms with Gasteiger partial charge in [0.15, 0.2) is 0 Å². The Morgan fingerprint density at radius 3 is 2.75 bits per heavy atom. The van der Waals surface area contributed by atoms with Gasteiger partial charge in [0.1, 0.15) is 5.82 Å². The first-order valence-corrected chi connectivity index (χ1v) is 5.18. The van der Waals surface area contributed by atoms with Crippen LogP contribution in [-0.2, 0) is 0 Å². The van der Waals surface area contributed by atoms with Gasteiger partial charge in [0, 0.05) is 23.9 Å². The van der Waals surface area contributed by atoms with E-state index in [9.17, 15) is 0 Å². The maximum atomic E-state index is 8.94. The van der Waals surface area contributed by atoms with Crippen molar-refractivity contribution in [3.63, 3.8) is 0 Å². The number of aliphatic hydroxyl groups excluding tert-OH is 1. The van der Waals surface area contributed by atoms with E-state index in [1.54, 1.807) is 6.20 Å². The highest BCUT2D eigenvalue weighted by atomic mass is 16.3. The second kappa shape index (κ2) is 5.09. The number of nitrogen functional groups attached to an aromatic ring is 1. The van der Waals surface area contributed by atoms with Crippen molar-refractivity contribution in [2.24, 2.45) is 5.84 Å². The first-order valence-electron chi connectivity index (χ1n) is 5.18. The van der Waals surface area contributed by atoms with Crippen molar-refractivity contribution >= 4 is 11.8 Å². The number of hydrogen-bond donors (Lipinski definition) is 4. The molecule has 0 aliphatic heterocycles. The minimum Gasteiger partial charge on any atom is -0.396 e. The normalized spacial score (nSPS) is 11.3. The molecule has 0 bridgehead atoms. The van der Waals surface area contributed by atoms with Gasteiger partial charge in [-0.05, 0) is 27.2 Å². The summed E-state index contributed by atoms with van der Waals surface area (Å²) in [5.41, 5.74) is 3.11. The summed E-state index contributed by atoms with van der Waals surface area (Å²) in [6, 6.07) is 0. The fraction of sp³-hybridized carbons (Fsp3) is 0.600. The molecule has 1 heterocycles. The predicted molar refractivity (Wildman–Crippen MR) is 64.0 cm³/mol. The average molecular weight is 225 g/mol. The highest BCUT2D eigenvalue weighted by Crippen LogP contribution is 2.19. The second-order valence-electron chi connectivity index (χ2n) is 4.35. The van der Waals surface area contributed by atoms with Crippen LogP contribution in [0.3, 0.4) is 0 Å². The van der Waals surface area contributed by atoms with Crippen molar-refractivity contribution in [1.82, 2.24) is 9.97 Å². The smallest absolute Gasteiger partial charge is 0.239 e. The van der Waals surface area contributed by atoms with Gasteiger partial charge >= 0.3 is 0 Å². The number of nitrogens with two attached hydrogens (primary N) is 1. The van der Waals surface area contributed by atoms with Crippen LogP contribution in [0.5, 0.6) is 0 Å². The van der Waals surface area contributed by atoms with E-state index in [2.05, 4.69) is 20.7 Å². The molecule has 0 atom stereocenters. The van der Waals surface area contributed by atoms with Crippen LogP contribution in [0.2, 0.25) is 0 Å². The van der Waals surface area contributed by atoms with Gasteiger partial charge in [0.05, 0.1) is 0 Å². The maximum Gasteiger partial charge on any atom is 0.239 e. The van der Waals surface area contributed by atoms with Gasteiger partial charge < -0.3 is 10.4 Å². The molecule has 0 aliphatic carbocycles. The molecule has 1 aromatic heterocycles. The number of rotatable bonds is 5. The molecule has 0 spiro atoms. The lowest BCUT2D eigenvalue weighted by molar-refractivity contribution is 0.260. The number of hydrazine groups is 1. The van der Waals surface area contributed by atoms with Crippen LogP contribution < -0.4 is 16.6 Å². The second-order valence-corrected chi connectivity index (χ2v) is 4.35. The Morgan fingerprint density at radius 1 is 1.50 bits per heavy atom. The summed E-state index contributed by atoms with van der Waals surface area (Å²) in [5, 5.41) is 12.2. The molecular formula is C10H19N5O. The van der Waals surface area contributed by atoms with E-state index >= 15 is 0 Å². The number of hydrogen-bond acceptors (Lipinski definition) is 6. The van der Waals surface area contributed by atoms with Gasteiger partial charge in [-0.15, -0.1) is 0 Å². The van der Waals surface area contributed by atoms with Crippen LogP contribution in [0.25, 0.3) is 0 Å². The van der Waals surface area contributed by atoms with Gasteiger partial charge in [-0.1, -0.05) is 0 Å². The zero-order chi connectivity index (χ0) is 12.2. The number of aryl methyl sites for hydroxylation is 1. The predicted octanol–water partition coefficient (Wildman–Crippen LogP) is 0.644. The lowest BCUT2D eigenvalue weighted by Gasteiger charge is -2.26. The topological polar surface area (TPSA) is 96.1 Å². The van der Waals surface area contributed by atoms with Crippen molar-refractivity contribution in [2.75, 3.05) is 17.3 Å². The Kier molecular flexibility index (Phi) is 4.03. The monoisotopic (exact) mass is 225 g/mol. The van der Waals surface area contributed by atoms with Gasteiger partial charge in [0.25, 0.3) is 0 Å². The fourth-order valence-electron chi connectivity index (χ4n) is 1.30. The van der Waals surface area contributed by atoms with Crippen LogP contribution in [0.15, 0.2) is 6.20 Å². The summed E-state index contributed by atoms with van der Waals surface area (Å²) in [5.74, 6) is 6.34. The molecule has 0 saturated carbocycles. The number of aliphatic hydroxyl groups is 1. The van der Waals surface area contributed by atoms with E-state index < -0.39 is 0 Å². The number of nitrogens with zero attached hydrogens (tertiary/aromatic N) is 2. The van der Waals surface area contributed by atoms with Gasteiger partial charge in [-0.2, -0.15) is 4.98 Å². The molecule has 1 rings (SSSR count). The van der Waals surface area contributed by atoms with Crippen LogP contribution in [0.4, 0.5) is 11.8 Å². The minimum absolute atomic E-state index is 0.131. The molecule has 0 aromatic carbocycles. The number of nitrogens with one attached hydrogen (secondary N) is 2. The Balaban J connectivity index is 2.87. The molecule has 0 aliphatic rings. The number of anilines is 2. The van der Waals surface area contributed by atoms with Crippen molar-refractivity contribution in [2.45, 2.75) is 32.7 Å². The van der Waals surface area contributed by atoms with Crippen molar-refractivity contribution in [3.8, 4) is 0 Å². The van der Waals surface area contributed by atoms with Crippen LogP contribution in [0, 0.1) is 6.92 Å². The molecule has 0 fully saturated rings. The summed E-state index contributed by atoms with van der Waals surface area (Å²) < 4.78 is 0. The first kappa shape index (κ1) is 12.7. The van der Waals surface area contributed by atoms with E-state index in [4.69, 9.17) is 10.9 Å². The van der Waals surface area contributed by atoms with Crippen LogP contribution in [0.1, 0.15) is 25.8 Å². The third kappa shape index (κ3) is 3.32. The molecule has 90 valence electrons. The Hall–Kier alpha value is -1.40.